The number of fused-ring (bicyclic) bond motifs is 1. The number of pyridine rings is 1. The maximum Gasteiger partial charge on any atom is 0.152 e. The van der Waals surface area contributed by atoms with E-state index in [1.807, 2.05) is 28.8 Å². The molecule has 2 aliphatic rings. The molecule has 118 valence electrons. The molecule has 0 spiro atoms. The molecule has 2 aromatic heterocycles. The highest BCUT2D eigenvalue weighted by Gasteiger charge is 2.32. The minimum atomic E-state index is 0.271. The fourth-order valence-electron chi connectivity index (χ4n) is 3.16. The zero-order valence-electron chi connectivity index (χ0n) is 12.5. The molecule has 1 saturated carbocycles. The summed E-state index contributed by atoms with van der Waals surface area (Å²) in [4.78, 5) is 6.94. The Hall–Kier alpha value is -1.14. The van der Waals surface area contributed by atoms with Crippen LogP contribution in [-0.4, -0.2) is 52.7 Å². The zero-order valence-corrected chi connectivity index (χ0v) is 13.3. The maximum absolute atomic E-state index is 6.25. The lowest BCUT2D eigenvalue weighted by Gasteiger charge is -2.33. The van der Waals surface area contributed by atoms with Crippen molar-refractivity contribution in [3.63, 3.8) is 0 Å². The Morgan fingerprint density at radius 3 is 3.14 bits per heavy atom. The number of nitrogens with zero attached hydrogens (tertiary/aromatic N) is 3. The Bertz CT molecular complexity index is 655. The highest BCUT2D eigenvalue weighted by Crippen LogP contribution is 2.28. The molecular formula is C16H21ClN4O. The number of morpholine rings is 1. The van der Waals surface area contributed by atoms with Crippen LogP contribution in [-0.2, 0) is 11.3 Å². The van der Waals surface area contributed by atoms with Gasteiger partial charge in [-0.3, -0.25) is 4.90 Å². The summed E-state index contributed by atoms with van der Waals surface area (Å²) in [6, 6.07) is 6.75. The fraction of sp³-hybridized carbons (Fsp3) is 0.562. The van der Waals surface area contributed by atoms with Gasteiger partial charge in [0.1, 0.15) is 5.65 Å². The van der Waals surface area contributed by atoms with E-state index < -0.39 is 0 Å². The largest absolute Gasteiger partial charge is 0.374 e. The van der Waals surface area contributed by atoms with E-state index in [4.69, 9.17) is 16.3 Å². The average Bonchev–Trinajstić information content (AvgIpc) is 3.33. The molecule has 4 rings (SSSR count). The second-order valence-electron chi connectivity index (χ2n) is 6.13. The second kappa shape index (κ2) is 6.16. The van der Waals surface area contributed by atoms with Crippen LogP contribution in [0.5, 0.6) is 0 Å². The first kappa shape index (κ1) is 14.5. The standard InChI is InChI=1S/C16H21ClN4O/c17-16-14(21-6-2-1-3-15(21)19-16)10-18-9-13-11-20(7-8-22-13)12-4-5-12/h1-3,6,12-13,18H,4-5,7-11H2/t13-/m1/s1. The third-order valence-corrected chi connectivity index (χ3v) is 4.78. The van der Waals surface area contributed by atoms with E-state index in [2.05, 4.69) is 15.2 Å². The van der Waals surface area contributed by atoms with Gasteiger partial charge in [0.2, 0.25) is 0 Å². The van der Waals surface area contributed by atoms with Crippen molar-refractivity contribution in [1.82, 2.24) is 19.6 Å². The van der Waals surface area contributed by atoms with Gasteiger partial charge in [-0.2, -0.15) is 0 Å². The van der Waals surface area contributed by atoms with Crippen molar-refractivity contribution in [2.24, 2.45) is 0 Å². The Kier molecular flexibility index (Phi) is 4.05. The van der Waals surface area contributed by atoms with Crippen LogP contribution in [0.1, 0.15) is 18.5 Å². The summed E-state index contributed by atoms with van der Waals surface area (Å²) in [5.41, 5.74) is 1.89. The van der Waals surface area contributed by atoms with Gasteiger partial charge in [-0.15, -0.1) is 0 Å². The van der Waals surface area contributed by atoms with Crippen molar-refractivity contribution < 1.29 is 4.74 Å². The molecule has 3 heterocycles. The molecule has 0 bridgehead atoms. The smallest absolute Gasteiger partial charge is 0.152 e. The average molecular weight is 321 g/mol. The SMILES string of the molecule is Clc1nc2ccccn2c1CNC[C@@H]1CN(C2CC2)CCO1. The number of ether oxygens (including phenoxy) is 1. The molecule has 0 radical (unpaired) electrons. The van der Waals surface area contributed by atoms with Gasteiger partial charge in [0, 0.05) is 38.4 Å². The van der Waals surface area contributed by atoms with Gasteiger partial charge in [0.15, 0.2) is 5.15 Å². The molecule has 5 nitrogen and oxygen atoms in total. The van der Waals surface area contributed by atoms with E-state index in [1.54, 1.807) is 0 Å². The minimum Gasteiger partial charge on any atom is -0.374 e. The van der Waals surface area contributed by atoms with E-state index in [1.165, 1.54) is 12.8 Å². The summed E-state index contributed by atoms with van der Waals surface area (Å²) in [7, 11) is 0. The van der Waals surface area contributed by atoms with Crippen LogP contribution in [0, 0.1) is 0 Å². The molecule has 1 aliphatic heterocycles. The zero-order chi connectivity index (χ0) is 14.9. The number of rotatable bonds is 5. The predicted molar refractivity (Wildman–Crippen MR) is 86.2 cm³/mol. The van der Waals surface area contributed by atoms with Crippen molar-refractivity contribution in [3.8, 4) is 0 Å². The molecule has 0 unspecified atom stereocenters. The van der Waals surface area contributed by atoms with Crippen molar-refractivity contribution >= 4 is 17.2 Å². The van der Waals surface area contributed by atoms with Gasteiger partial charge in [0.05, 0.1) is 18.4 Å². The van der Waals surface area contributed by atoms with E-state index in [9.17, 15) is 0 Å². The molecule has 1 N–H and O–H groups in total. The molecular weight excluding hydrogens is 300 g/mol. The first-order valence-electron chi connectivity index (χ1n) is 7.99. The van der Waals surface area contributed by atoms with Crippen LogP contribution in [0.4, 0.5) is 0 Å². The minimum absolute atomic E-state index is 0.271. The van der Waals surface area contributed by atoms with Crippen LogP contribution in [0.3, 0.4) is 0 Å². The molecule has 22 heavy (non-hydrogen) atoms. The van der Waals surface area contributed by atoms with Crippen molar-refractivity contribution in [2.75, 3.05) is 26.2 Å². The Balaban J connectivity index is 1.35. The number of halogens is 1. The Morgan fingerprint density at radius 2 is 2.27 bits per heavy atom. The molecule has 1 saturated heterocycles. The van der Waals surface area contributed by atoms with Crippen LogP contribution in [0.15, 0.2) is 24.4 Å². The summed E-state index contributed by atoms with van der Waals surface area (Å²) >= 11 is 6.25. The van der Waals surface area contributed by atoms with Crippen LogP contribution < -0.4 is 5.32 Å². The van der Waals surface area contributed by atoms with Crippen molar-refractivity contribution in [2.45, 2.75) is 31.5 Å². The van der Waals surface area contributed by atoms with Gasteiger partial charge in [0.25, 0.3) is 0 Å². The predicted octanol–water partition coefficient (Wildman–Crippen LogP) is 1.94. The normalized spacial score (nSPS) is 23.2. The first-order valence-corrected chi connectivity index (χ1v) is 8.37. The van der Waals surface area contributed by atoms with Crippen LogP contribution >= 0.6 is 11.6 Å². The van der Waals surface area contributed by atoms with Crippen molar-refractivity contribution in [1.29, 1.82) is 0 Å². The van der Waals surface area contributed by atoms with Gasteiger partial charge in [-0.05, 0) is 25.0 Å². The Labute approximate surface area is 135 Å². The van der Waals surface area contributed by atoms with E-state index in [0.29, 0.717) is 11.7 Å². The molecule has 0 amide bonds. The van der Waals surface area contributed by atoms with Gasteiger partial charge >= 0.3 is 0 Å². The van der Waals surface area contributed by atoms with Crippen LogP contribution in [0.2, 0.25) is 5.15 Å². The number of imidazole rings is 1. The lowest BCUT2D eigenvalue weighted by atomic mass is 10.2. The summed E-state index contributed by atoms with van der Waals surface area (Å²) in [5.74, 6) is 0. The topological polar surface area (TPSA) is 41.8 Å². The quantitative estimate of drug-likeness (QED) is 0.914. The molecule has 2 aromatic rings. The van der Waals surface area contributed by atoms with Crippen LogP contribution in [0.25, 0.3) is 5.65 Å². The van der Waals surface area contributed by atoms with E-state index in [0.717, 1.165) is 43.6 Å². The highest BCUT2D eigenvalue weighted by molar-refractivity contribution is 6.30. The lowest BCUT2D eigenvalue weighted by molar-refractivity contribution is -0.0301. The summed E-state index contributed by atoms with van der Waals surface area (Å²) in [6.07, 6.45) is 4.99. The Morgan fingerprint density at radius 1 is 1.36 bits per heavy atom. The van der Waals surface area contributed by atoms with E-state index >= 15 is 0 Å². The number of nitrogens with one attached hydrogen (secondary N) is 1. The molecule has 1 aliphatic carbocycles. The summed E-state index contributed by atoms with van der Waals surface area (Å²) in [6.45, 7) is 4.52. The van der Waals surface area contributed by atoms with Crippen molar-refractivity contribution in [3.05, 3.63) is 35.2 Å². The summed E-state index contributed by atoms with van der Waals surface area (Å²) in [5, 5.41) is 4.05. The van der Waals surface area contributed by atoms with Gasteiger partial charge in [-0.1, -0.05) is 17.7 Å². The molecule has 1 atom stereocenters. The number of aromatic nitrogens is 2. The number of hydrogen-bond acceptors (Lipinski definition) is 4. The molecule has 0 aromatic carbocycles. The second-order valence-corrected chi connectivity index (χ2v) is 6.49. The molecule has 2 fully saturated rings. The first-order chi connectivity index (χ1) is 10.8. The monoisotopic (exact) mass is 320 g/mol. The third kappa shape index (κ3) is 2.99. The fourth-order valence-corrected chi connectivity index (χ4v) is 3.41. The molecule has 6 heteroatoms. The number of hydrogen-bond donors (Lipinski definition) is 1. The highest BCUT2D eigenvalue weighted by atomic mass is 35.5. The maximum atomic E-state index is 6.25. The summed E-state index contributed by atoms with van der Waals surface area (Å²) < 4.78 is 7.90. The van der Waals surface area contributed by atoms with Gasteiger partial charge < -0.3 is 14.5 Å². The van der Waals surface area contributed by atoms with E-state index in [-0.39, 0.29) is 6.10 Å². The van der Waals surface area contributed by atoms with Gasteiger partial charge in [-0.25, -0.2) is 4.98 Å². The third-order valence-electron chi connectivity index (χ3n) is 4.48. The lowest BCUT2D eigenvalue weighted by Crippen LogP contribution is -2.47.